The van der Waals surface area contributed by atoms with Crippen molar-refractivity contribution >= 4 is 0 Å². The third kappa shape index (κ3) is 4.02. The SMILES string of the molecule is Cc1cccc(CC(C)N)c1OCc1ccc(F)c(F)c1. The van der Waals surface area contributed by atoms with E-state index in [1.807, 2.05) is 32.0 Å². The quantitative estimate of drug-likeness (QED) is 0.910. The lowest BCUT2D eigenvalue weighted by molar-refractivity contribution is 0.299. The average molecular weight is 291 g/mol. The maximum absolute atomic E-state index is 13.2. The molecule has 21 heavy (non-hydrogen) atoms. The first-order chi connectivity index (χ1) is 9.97. The zero-order valence-corrected chi connectivity index (χ0v) is 12.2. The molecule has 0 fully saturated rings. The number of para-hydroxylation sites is 1. The largest absolute Gasteiger partial charge is 0.488 e. The second-order valence-corrected chi connectivity index (χ2v) is 5.28. The highest BCUT2D eigenvalue weighted by atomic mass is 19.2. The third-order valence-corrected chi connectivity index (χ3v) is 3.20. The number of hydrogen-bond acceptors (Lipinski definition) is 2. The molecule has 0 saturated carbocycles. The minimum atomic E-state index is -0.864. The fraction of sp³-hybridized carbons (Fsp3) is 0.294. The number of hydrogen-bond donors (Lipinski definition) is 1. The summed E-state index contributed by atoms with van der Waals surface area (Å²) in [7, 11) is 0. The van der Waals surface area contributed by atoms with Crippen molar-refractivity contribution in [3.05, 3.63) is 64.7 Å². The van der Waals surface area contributed by atoms with Gasteiger partial charge in [-0.1, -0.05) is 24.3 Å². The summed E-state index contributed by atoms with van der Waals surface area (Å²) in [4.78, 5) is 0. The molecule has 112 valence electrons. The molecule has 0 heterocycles. The number of nitrogens with two attached hydrogens (primary N) is 1. The predicted octanol–water partition coefficient (Wildman–Crippen LogP) is 3.74. The van der Waals surface area contributed by atoms with Crippen LogP contribution in [0.3, 0.4) is 0 Å². The molecule has 0 spiro atoms. The summed E-state index contributed by atoms with van der Waals surface area (Å²) < 4.78 is 31.9. The normalized spacial score (nSPS) is 12.2. The van der Waals surface area contributed by atoms with Crippen LogP contribution in [0, 0.1) is 18.6 Å². The zero-order chi connectivity index (χ0) is 15.4. The van der Waals surface area contributed by atoms with Gasteiger partial charge in [-0.25, -0.2) is 8.78 Å². The van der Waals surface area contributed by atoms with Crippen molar-refractivity contribution in [2.45, 2.75) is 32.9 Å². The molecule has 0 aliphatic heterocycles. The van der Waals surface area contributed by atoms with Gasteiger partial charge in [0.2, 0.25) is 0 Å². The van der Waals surface area contributed by atoms with Crippen molar-refractivity contribution in [1.82, 2.24) is 0 Å². The molecule has 0 bridgehead atoms. The predicted molar refractivity (Wildman–Crippen MR) is 79.2 cm³/mol. The maximum atomic E-state index is 13.2. The Hall–Kier alpha value is -1.94. The van der Waals surface area contributed by atoms with Gasteiger partial charge in [0, 0.05) is 6.04 Å². The number of halogens is 2. The standard InChI is InChI=1S/C17H19F2NO/c1-11-4-3-5-14(8-12(2)20)17(11)21-10-13-6-7-15(18)16(19)9-13/h3-7,9,12H,8,10,20H2,1-2H3. The zero-order valence-electron chi connectivity index (χ0n) is 12.2. The van der Waals surface area contributed by atoms with Crippen molar-refractivity contribution < 1.29 is 13.5 Å². The lowest BCUT2D eigenvalue weighted by atomic mass is 10.0. The lowest BCUT2D eigenvalue weighted by Gasteiger charge is -2.15. The Bertz CT molecular complexity index is 626. The van der Waals surface area contributed by atoms with Crippen LogP contribution in [0.2, 0.25) is 0 Å². The van der Waals surface area contributed by atoms with Gasteiger partial charge in [0.05, 0.1) is 0 Å². The second-order valence-electron chi connectivity index (χ2n) is 5.28. The van der Waals surface area contributed by atoms with Gasteiger partial charge in [-0.05, 0) is 49.1 Å². The van der Waals surface area contributed by atoms with Crippen LogP contribution in [0.1, 0.15) is 23.6 Å². The highest BCUT2D eigenvalue weighted by molar-refractivity contribution is 5.41. The molecule has 2 aromatic carbocycles. The number of benzene rings is 2. The van der Waals surface area contributed by atoms with Crippen LogP contribution in [-0.4, -0.2) is 6.04 Å². The molecule has 2 N–H and O–H groups in total. The Morgan fingerprint density at radius 3 is 2.57 bits per heavy atom. The molecule has 0 aliphatic carbocycles. The molecule has 4 heteroatoms. The molecule has 0 aliphatic rings. The Balaban J connectivity index is 2.17. The molecule has 2 rings (SSSR count). The van der Waals surface area contributed by atoms with Crippen LogP contribution in [-0.2, 0) is 13.0 Å². The fourth-order valence-corrected chi connectivity index (χ4v) is 2.21. The first-order valence-corrected chi connectivity index (χ1v) is 6.88. The van der Waals surface area contributed by atoms with Crippen LogP contribution < -0.4 is 10.5 Å². The molecule has 2 aromatic rings. The van der Waals surface area contributed by atoms with Crippen molar-refractivity contribution in [2.75, 3.05) is 0 Å². The minimum Gasteiger partial charge on any atom is -0.488 e. The Morgan fingerprint density at radius 2 is 1.90 bits per heavy atom. The highest BCUT2D eigenvalue weighted by Gasteiger charge is 2.10. The molecule has 0 aromatic heterocycles. The molecular formula is C17H19F2NO. The summed E-state index contributed by atoms with van der Waals surface area (Å²) in [5.41, 5.74) is 8.44. The number of aryl methyl sites for hydroxylation is 1. The Morgan fingerprint density at radius 1 is 1.14 bits per heavy atom. The Kier molecular flexibility index (Phi) is 4.91. The van der Waals surface area contributed by atoms with Crippen molar-refractivity contribution in [2.24, 2.45) is 5.73 Å². The van der Waals surface area contributed by atoms with E-state index in [2.05, 4.69) is 0 Å². The van der Waals surface area contributed by atoms with Crippen LogP contribution in [0.25, 0.3) is 0 Å². The van der Waals surface area contributed by atoms with Gasteiger partial charge in [-0.15, -0.1) is 0 Å². The lowest BCUT2D eigenvalue weighted by Crippen LogP contribution is -2.18. The maximum Gasteiger partial charge on any atom is 0.159 e. The van der Waals surface area contributed by atoms with E-state index in [0.717, 1.165) is 29.0 Å². The van der Waals surface area contributed by atoms with Crippen LogP contribution in [0.4, 0.5) is 8.78 Å². The molecule has 1 unspecified atom stereocenters. The smallest absolute Gasteiger partial charge is 0.159 e. The first-order valence-electron chi connectivity index (χ1n) is 6.88. The van der Waals surface area contributed by atoms with E-state index in [-0.39, 0.29) is 12.6 Å². The minimum absolute atomic E-state index is 0.0254. The van der Waals surface area contributed by atoms with E-state index in [4.69, 9.17) is 10.5 Å². The van der Waals surface area contributed by atoms with Crippen molar-refractivity contribution in [3.8, 4) is 5.75 Å². The van der Waals surface area contributed by atoms with Crippen LogP contribution in [0.5, 0.6) is 5.75 Å². The van der Waals surface area contributed by atoms with E-state index in [0.29, 0.717) is 12.0 Å². The molecule has 0 amide bonds. The summed E-state index contributed by atoms with van der Waals surface area (Å²) >= 11 is 0. The number of rotatable bonds is 5. The average Bonchev–Trinajstić information content (AvgIpc) is 2.41. The van der Waals surface area contributed by atoms with Crippen molar-refractivity contribution in [1.29, 1.82) is 0 Å². The van der Waals surface area contributed by atoms with Crippen LogP contribution in [0.15, 0.2) is 36.4 Å². The van der Waals surface area contributed by atoms with Gasteiger partial charge in [0.15, 0.2) is 11.6 Å². The van der Waals surface area contributed by atoms with Gasteiger partial charge >= 0.3 is 0 Å². The van der Waals surface area contributed by atoms with E-state index in [1.54, 1.807) is 0 Å². The summed E-state index contributed by atoms with van der Waals surface area (Å²) in [6.07, 6.45) is 0.703. The highest BCUT2D eigenvalue weighted by Crippen LogP contribution is 2.25. The van der Waals surface area contributed by atoms with Gasteiger partial charge in [-0.2, -0.15) is 0 Å². The number of ether oxygens (including phenoxy) is 1. The van der Waals surface area contributed by atoms with Gasteiger partial charge in [-0.3, -0.25) is 0 Å². The molecular weight excluding hydrogens is 272 g/mol. The third-order valence-electron chi connectivity index (χ3n) is 3.20. The first kappa shape index (κ1) is 15.4. The van der Waals surface area contributed by atoms with Gasteiger partial charge < -0.3 is 10.5 Å². The van der Waals surface area contributed by atoms with E-state index >= 15 is 0 Å². The second kappa shape index (κ2) is 6.68. The monoisotopic (exact) mass is 291 g/mol. The molecule has 2 nitrogen and oxygen atoms in total. The summed E-state index contributed by atoms with van der Waals surface area (Å²) in [5.74, 6) is -0.955. The molecule has 0 radical (unpaired) electrons. The Labute approximate surface area is 123 Å². The topological polar surface area (TPSA) is 35.2 Å². The summed E-state index contributed by atoms with van der Waals surface area (Å²) in [5, 5.41) is 0. The van der Waals surface area contributed by atoms with E-state index in [1.165, 1.54) is 6.07 Å². The molecule has 1 atom stereocenters. The summed E-state index contributed by atoms with van der Waals surface area (Å²) in [6, 6.07) is 9.67. The van der Waals surface area contributed by atoms with Crippen LogP contribution >= 0.6 is 0 Å². The van der Waals surface area contributed by atoms with Gasteiger partial charge in [0.25, 0.3) is 0 Å². The molecule has 0 saturated heterocycles. The fourth-order valence-electron chi connectivity index (χ4n) is 2.21. The van der Waals surface area contributed by atoms with E-state index < -0.39 is 11.6 Å². The van der Waals surface area contributed by atoms with Crippen molar-refractivity contribution in [3.63, 3.8) is 0 Å². The van der Waals surface area contributed by atoms with Gasteiger partial charge in [0.1, 0.15) is 12.4 Å². The van der Waals surface area contributed by atoms with E-state index in [9.17, 15) is 8.78 Å². The summed E-state index contributed by atoms with van der Waals surface area (Å²) in [6.45, 7) is 4.07.